The summed E-state index contributed by atoms with van der Waals surface area (Å²) in [4.78, 5) is 14.2. The molecule has 0 saturated carbocycles. The molecule has 0 bridgehead atoms. The number of nitrogens with zero attached hydrogens (tertiary/aromatic N) is 1. The lowest BCUT2D eigenvalue weighted by Gasteiger charge is -2.20. The first-order chi connectivity index (χ1) is 10.7. The normalized spacial score (nSPS) is 18.4. The van der Waals surface area contributed by atoms with Crippen molar-refractivity contribution in [2.75, 3.05) is 6.54 Å². The third kappa shape index (κ3) is 3.93. The Labute approximate surface area is 135 Å². The van der Waals surface area contributed by atoms with E-state index in [9.17, 15) is 0 Å². The van der Waals surface area contributed by atoms with E-state index in [2.05, 4.69) is 54.1 Å². The molecule has 1 aliphatic heterocycles. The zero-order chi connectivity index (χ0) is 15.9. The molecule has 2 atom stereocenters. The van der Waals surface area contributed by atoms with Crippen LogP contribution < -0.4 is 11.1 Å². The van der Waals surface area contributed by atoms with Crippen LogP contribution in [0.3, 0.4) is 0 Å². The van der Waals surface area contributed by atoms with Gasteiger partial charge in [0.2, 0.25) is 6.41 Å². The van der Waals surface area contributed by atoms with Crippen molar-refractivity contribution in [3.05, 3.63) is 41.0 Å². The van der Waals surface area contributed by atoms with Crippen molar-refractivity contribution in [3.63, 3.8) is 0 Å². The van der Waals surface area contributed by atoms with Crippen LogP contribution in [0.25, 0.3) is 10.4 Å². The zero-order valence-electron chi connectivity index (χ0n) is 13.1. The topological polar surface area (TPSA) is 68.0 Å². The Morgan fingerprint density at radius 1 is 1.41 bits per heavy atom. The van der Waals surface area contributed by atoms with E-state index in [1.165, 1.54) is 35.4 Å². The zero-order valence-corrected chi connectivity index (χ0v) is 13.9. The van der Waals surface area contributed by atoms with Gasteiger partial charge < -0.3 is 11.1 Å². The molecule has 2 unspecified atom stereocenters. The molecule has 2 heterocycles. The summed E-state index contributed by atoms with van der Waals surface area (Å²) in [5.74, 6) is 0.596. The Kier molecular flexibility index (Phi) is 6.10. The molecule has 4 nitrogen and oxygen atoms in total. The monoisotopic (exact) mass is 317 g/mol. The molecule has 0 spiro atoms. The van der Waals surface area contributed by atoms with Crippen molar-refractivity contribution >= 4 is 17.7 Å². The first kappa shape index (κ1) is 16.6. The molecule has 3 N–H and O–H groups in total. The number of nitrogens with one attached hydrogen (secondary N) is 1. The van der Waals surface area contributed by atoms with Gasteiger partial charge in [-0.05, 0) is 43.4 Å². The molecule has 1 aliphatic rings. The van der Waals surface area contributed by atoms with Gasteiger partial charge in [0.05, 0.1) is 16.1 Å². The highest BCUT2D eigenvalue weighted by atomic mass is 32.1. The number of hydrogen-bond acceptors (Lipinski definition) is 4. The van der Waals surface area contributed by atoms with E-state index < -0.39 is 0 Å². The van der Waals surface area contributed by atoms with Crippen LogP contribution in [-0.2, 0) is 4.79 Å². The van der Waals surface area contributed by atoms with Crippen molar-refractivity contribution in [1.29, 1.82) is 0 Å². The lowest BCUT2D eigenvalue weighted by molar-refractivity contribution is -0.106. The fourth-order valence-electron chi connectivity index (χ4n) is 2.89. The first-order valence-corrected chi connectivity index (χ1v) is 8.44. The molecule has 1 saturated heterocycles. The van der Waals surface area contributed by atoms with Gasteiger partial charge in [-0.3, -0.25) is 4.79 Å². The predicted octanol–water partition coefficient (Wildman–Crippen LogP) is 3.08. The van der Waals surface area contributed by atoms with Gasteiger partial charge in [0.15, 0.2) is 0 Å². The van der Waals surface area contributed by atoms with Crippen molar-refractivity contribution < 1.29 is 4.79 Å². The summed E-state index contributed by atoms with van der Waals surface area (Å²) in [5.41, 5.74) is 9.94. The minimum atomic E-state index is 0.250. The van der Waals surface area contributed by atoms with Crippen LogP contribution >= 0.6 is 11.3 Å². The van der Waals surface area contributed by atoms with E-state index in [1.54, 1.807) is 11.3 Å². The maximum atomic E-state index is 8.58. The van der Waals surface area contributed by atoms with E-state index in [-0.39, 0.29) is 6.41 Å². The second kappa shape index (κ2) is 8.06. The minimum Gasteiger partial charge on any atom is -0.372 e. The van der Waals surface area contributed by atoms with Gasteiger partial charge >= 0.3 is 0 Å². The molecule has 2 aromatic rings. The quantitative estimate of drug-likeness (QED) is 0.855. The summed E-state index contributed by atoms with van der Waals surface area (Å²) >= 11 is 1.72. The molecular weight excluding hydrogens is 294 g/mol. The highest BCUT2D eigenvalue weighted by Crippen LogP contribution is 2.30. The third-order valence-corrected chi connectivity index (χ3v) is 5.12. The lowest BCUT2D eigenvalue weighted by atomic mass is 9.91. The minimum absolute atomic E-state index is 0.250. The fraction of sp³-hybridized carbons (Fsp3) is 0.412. The van der Waals surface area contributed by atoms with Gasteiger partial charge in [-0.1, -0.05) is 31.2 Å². The summed E-state index contributed by atoms with van der Waals surface area (Å²) in [6, 6.07) is 9.68. The number of benzene rings is 1. The molecule has 0 radical (unpaired) electrons. The number of amides is 1. The van der Waals surface area contributed by atoms with Crippen LogP contribution in [0.4, 0.5) is 0 Å². The number of carbonyl (C=O) groups excluding carboxylic acids is 1. The van der Waals surface area contributed by atoms with Crippen LogP contribution in [0.2, 0.25) is 0 Å². The standard InChI is InChI=1S/C16H20N2S.CH3NO/c1-11(15-4-3-9-17-15)13-5-7-14(8-6-13)16-12(2)18-10-19-16;2-1-3/h5-8,10-11,15,17H,3-4,9H2,1-2H3;1H,(H2,2,3). The average molecular weight is 317 g/mol. The smallest absolute Gasteiger partial charge is 0.204 e. The molecule has 1 amide bonds. The number of rotatable bonds is 3. The summed E-state index contributed by atoms with van der Waals surface area (Å²) in [6.07, 6.45) is 2.87. The van der Waals surface area contributed by atoms with Gasteiger partial charge in [-0.15, -0.1) is 11.3 Å². The van der Waals surface area contributed by atoms with E-state index in [1.807, 2.05) is 5.51 Å². The van der Waals surface area contributed by atoms with Crippen molar-refractivity contribution in [2.24, 2.45) is 5.73 Å². The van der Waals surface area contributed by atoms with Gasteiger partial charge in [0.25, 0.3) is 0 Å². The van der Waals surface area contributed by atoms with Crippen molar-refractivity contribution in [1.82, 2.24) is 10.3 Å². The van der Waals surface area contributed by atoms with Crippen LogP contribution in [0.5, 0.6) is 0 Å². The summed E-state index contributed by atoms with van der Waals surface area (Å²) in [6.45, 7) is 5.58. The molecule has 118 valence electrons. The first-order valence-electron chi connectivity index (χ1n) is 7.56. The van der Waals surface area contributed by atoms with Crippen LogP contribution in [0, 0.1) is 6.92 Å². The number of aryl methyl sites for hydroxylation is 1. The summed E-state index contributed by atoms with van der Waals surface area (Å²) in [5, 5.41) is 3.60. The molecular formula is C17H23N3OS. The fourth-order valence-corrected chi connectivity index (χ4v) is 3.70. The summed E-state index contributed by atoms with van der Waals surface area (Å²) in [7, 11) is 0. The van der Waals surface area contributed by atoms with Crippen molar-refractivity contribution in [2.45, 2.75) is 38.6 Å². The second-order valence-corrected chi connectivity index (χ2v) is 6.37. The van der Waals surface area contributed by atoms with E-state index in [0.29, 0.717) is 12.0 Å². The van der Waals surface area contributed by atoms with Gasteiger partial charge in [-0.25, -0.2) is 4.98 Å². The number of thiazole rings is 1. The van der Waals surface area contributed by atoms with Gasteiger partial charge in [0.1, 0.15) is 0 Å². The highest BCUT2D eigenvalue weighted by molar-refractivity contribution is 7.13. The van der Waals surface area contributed by atoms with Gasteiger partial charge in [0, 0.05) is 6.04 Å². The SMILES string of the molecule is Cc1ncsc1-c1ccc(C(C)C2CCCN2)cc1.NC=O. The number of hydrogen-bond donors (Lipinski definition) is 2. The molecule has 1 fully saturated rings. The molecule has 0 aliphatic carbocycles. The third-order valence-electron chi connectivity index (χ3n) is 4.15. The van der Waals surface area contributed by atoms with Gasteiger partial charge in [-0.2, -0.15) is 0 Å². The Bertz CT molecular complexity index is 588. The van der Waals surface area contributed by atoms with Crippen LogP contribution in [0.15, 0.2) is 29.8 Å². The van der Waals surface area contributed by atoms with E-state index in [4.69, 9.17) is 4.79 Å². The molecule has 3 rings (SSSR count). The maximum absolute atomic E-state index is 8.58. The Morgan fingerprint density at radius 3 is 2.59 bits per heavy atom. The number of nitrogens with two attached hydrogens (primary N) is 1. The number of aromatic nitrogens is 1. The maximum Gasteiger partial charge on any atom is 0.204 e. The lowest BCUT2D eigenvalue weighted by Crippen LogP contribution is -2.27. The average Bonchev–Trinajstić information content (AvgIpc) is 3.19. The largest absolute Gasteiger partial charge is 0.372 e. The Balaban J connectivity index is 0.000000545. The van der Waals surface area contributed by atoms with Crippen molar-refractivity contribution in [3.8, 4) is 10.4 Å². The molecule has 1 aromatic heterocycles. The van der Waals surface area contributed by atoms with Crippen LogP contribution in [0.1, 0.15) is 36.9 Å². The molecule has 5 heteroatoms. The van der Waals surface area contributed by atoms with E-state index >= 15 is 0 Å². The van der Waals surface area contributed by atoms with Crippen LogP contribution in [-0.4, -0.2) is 24.0 Å². The highest BCUT2D eigenvalue weighted by Gasteiger charge is 2.22. The summed E-state index contributed by atoms with van der Waals surface area (Å²) < 4.78 is 0. The Hall–Kier alpha value is -1.72. The number of carbonyl (C=O) groups is 1. The molecule has 1 aromatic carbocycles. The Morgan fingerprint density at radius 2 is 2.09 bits per heavy atom. The second-order valence-electron chi connectivity index (χ2n) is 5.52. The number of primary amides is 1. The predicted molar refractivity (Wildman–Crippen MR) is 92.0 cm³/mol. The van der Waals surface area contributed by atoms with E-state index in [0.717, 1.165) is 5.69 Å². The molecule has 22 heavy (non-hydrogen) atoms.